The second-order valence-electron chi connectivity index (χ2n) is 7.30. The van der Waals surface area contributed by atoms with Gasteiger partial charge in [0.05, 0.1) is 4.90 Å². The van der Waals surface area contributed by atoms with Crippen molar-refractivity contribution in [3.05, 3.63) is 29.8 Å². The predicted octanol–water partition coefficient (Wildman–Crippen LogP) is 2.49. The molecule has 0 aliphatic carbocycles. The van der Waals surface area contributed by atoms with Gasteiger partial charge in [-0.05, 0) is 43.9 Å². The number of hydrogen-bond acceptors (Lipinski definition) is 4. The number of nitrogens with one attached hydrogen (secondary N) is 1. The summed E-state index contributed by atoms with van der Waals surface area (Å²) in [5, 5.41) is 3.59. The Hall–Kier alpha value is -1.15. The van der Waals surface area contributed by atoms with Crippen LogP contribution in [0.25, 0.3) is 0 Å². The molecule has 152 valence electrons. The monoisotopic (exact) mass is 415 g/mol. The van der Waals surface area contributed by atoms with Crippen molar-refractivity contribution < 1.29 is 13.2 Å². The van der Waals surface area contributed by atoms with E-state index < -0.39 is 10.0 Å². The highest BCUT2D eigenvalue weighted by atomic mass is 35.5. The Morgan fingerprint density at radius 1 is 1.15 bits per heavy atom. The van der Waals surface area contributed by atoms with Crippen molar-refractivity contribution in [3.8, 4) is 0 Å². The molecule has 2 heterocycles. The van der Waals surface area contributed by atoms with Crippen LogP contribution in [0.1, 0.15) is 49.9 Å². The lowest BCUT2D eigenvalue weighted by Gasteiger charge is -2.35. The van der Waals surface area contributed by atoms with E-state index in [2.05, 4.69) is 5.32 Å². The van der Waals surface area contributed by atoms with E-state index in [1.54, 1.807) is 23.1 Å². The van der Waals surface area contributed by atoms with Crippen LogP contribution in [-0.4, -0.2) is 61.8 Å². The molecule has 2 aliphatic heterocycles. The molecule has 1 N–H and O–H groups in total. The van der Waals surface area contributed by atoms with Crippen molar-refractivity contribution in [1.82, 2.24) is 14.5 Å². The van der Waals surface area contributed by atoms with Crippen LogP contribution in [0.4, 0.5) is 0 Å². The van der Waals surface area contributed by atoms with Gasteiger partial charge in [0.2, 0.25) is 10.0 Å². The molecule has 6 nitrogen and oxygen atoms in total. The molecular weight excluding hydrogens is 386 g/mol. The Morgan fingerprint density at radius 2 is 1.74 bits per heavy atom. The van der Waals surface area contributed by atoms with E-state index in [1.165, 1.54) is 23.2 Å². The molecule has 1 aromatic rings. The van der Waals surface area contributed by atoms with Gasteiger partial charge >= 0.3 is 0 Å². The maximum atomic E-state index is 13.0. The number of halogens is 1. The van der Waals surface area contributed by atoms with E-state index in [0.29, 0.717) is 30.7 Å². The molecule has 1 aromatic carbocycles. The SMILES string of the molecule is CCN(CC)S(=O)(=O)c1cccc(C(=O)N(C)C2CC3CCC(C2)N3)c1.Cl. The van der Waals surface area contributed by atoms with Crippen LogP contribution in [-0.2, 0) is 10.0 Å². The maximum absolute atomic E-state index is 13.0. The van der Waals surface area contributed by atoms with Gasteiger partial charge in [-0.15, -0.1) is 12.4 Å². The van der Waals surface area contributed by atoms with Crippen molar-refractivity contribution in [1.29, 1.82) is 0 Å². The average Bonchev–Trinajstić information content (AvgIpc) is 2.99. The molecule has 2 atom stereocenters. The Kier molecular flexibility index (Phi) is 7.30. The van der Waals surface area contributed by atoms with Gasteiger partial charge in [0.15, 0.2) is 0 Å². The molecule has 2 aliphatic rings. The van der Waals surface area contributed by atoms with Gasteiger partial charge in [0.1, 0.15) is 0 Å². The molecule has 0 spiro atoms. The van der Waals surface area contributed by atoms with Gasteiger partial charge in [-0.3, -0.25) is 4.79 Å². The minimum Gasteiger partial charge on any atom is -0.339 e. The molecule has 2 bridgehead atoms. The molecule has 3 rings (SSSR count). The highest BCUT2D eigenvalue weighted by Crippen LogP contribution is 2.30. The Balaban J connectivity index is 0.00000261. The first-order valence-electron chi connectivity index (χ1n) is 9.50. The molecule has 2 fully saturated rings. The van der Waals surface area contributed by atoms with Crippen LogP contribution in [0.5, 0.6) is 0 Å². The number of rotatable bonds is 6. The van der Waals surface area contributed by atoms with E-state index in [-0.39, 0.29) is 29.3 Å². The van der Waals surface area contributed by atoms with Crippen molar-refractivity contribution in [2.45, 2.75) is 62.6 Å². The van der Waals surface area contributed by atoms with Crippen LogP contribution in [0.3, 0.4) is 0 Å². The van der Waals surface area contributed by atoms with Gasteiger partial charge in [0.25, 0.3) is 5.91 Å². The number of piperidine rings is 1. The van der Waals surface area contributed by atoms with Crippen LogP contribution >= 0.6 is 12.4 Å². The highest BCUT2D eigenvalue weighted by molar-refractivity contribution is 7.89. The Bertz CT molecular complexity index is 755. The summed E-state index contributed by atoms with van der Waals surface area (Å²) in [5.74, 6) is -0.104. The summed E-state index contributed by atoms with van der Waals surface area (Å²) in [6, 6.07) is 7.66. The number of benzene rings is 1. The van der Waals surface area contributed by atoms with E-state index >= 15 is 0 Å². The fraction of sp³-hybridized carbons (Fsp3) is 0.632. The lowest BCUT2D eigenvalue weighted by molar-refractivity contribution is 0.0681. The zero-order valence-electron chi connectivity index (χ0n) is 16.2. The normalized spacial score (nSPS) is 24.5. The zero-order valence-corrected chi connectivity index (χ0v) is 17.9. The molecule has 2 saturated heterocycles. The van der Waals surface area contributed by atoms with Crippen molar-refractivity contribution in [2.75, 3.05) is 20.1 Å². The standard InChI is InChI=1S/C19H29N3O3S.ClH/c1-4-22(5-2)26(24,25)18-8-6-7-14(11-18)19(23)21(3)17-12-15-9-10-16(13-17)20-15;/h6-8,11,15-17,20H,4-5,9-10,12-13H2,1-3H3;1H. The average molecular weight is 416 g/mol. The number of sulfonamides is 1. The number of hydrogen-bond donors (Lipinski definition) is 1. The third kappa shape index (κ3) is 4.47. The smallest absolute Gasteiger partial charge is 0.253 e. The van der Waals surface area contributed by atoms with Crippen molar-refractivity contribution >= 4 is 28.3 Å². The van der Waals surface area contributed by atoms with Gasteiger partial charge in [-0.1, -0.05) is 19.9 Å². The largest absolute Gasteiger partial charge is 0.339 e. The fourth-order valence-corrected chi connectivity index (χ4v) is 5.72. The summed E-state index contributed by atoms with van der Waals surface area (Å²) in [6.45, 7) is 4.45. The minimum absolute atomic E-state index is 0. The molecule has 0 radical (unpaired) electrons. The lowest BCUT2D eigenvalue weighted by atomic mass is 9.98. The molecule has 0 saturated carbocycles. The summed E-state index contributed by atoms with van der Waals surface area (Å²) in [6.07, 6.45) is 4.30. The zero-order chi connectivity index (χ0) is 18.9. The number of fused-ring (bicyclic) bond motifs is 2. The third-order valence-corrected chi connectivity index (χ3v) is 7.79. The summed E-state index contributed by atoms with van der Waals surface area (Å²) < 4.78 is 26.9. The first-order chi connectivity index (χ1) is 12.4. The molecule has 2 unspecified atom stereocenters. The lowest BCUT2D eigenvalue weighted by Crippen LogP contribution is -2.48. The summed E-state index contributed by atoms with van der Waals surface area (Å²) in [4.78, 5) is 14.9. The topological polar surface area (TPSA) is 69.7 Å². The maximum Gasteiger partial charge on any atom is 0.253 e. The summed E-state index contributed by atoms with van der Waals surface area (Å²) in [7, 11) is -1.73. The predicted molar refractivity (Wildman–Crippen MR) is 109 cm³/mol. The number of amides is 1. The number of nitrogens with zero attached hydrogens (tertiary/aromatic N) is 2. The third-order valence-electron chi connectivity index (χ3n) is 5.74. The Labute approximate surface area is 168 Å². The molecule has 1 amide bonds. The summed E-state index contributed by atoms with van der Waals surface area (Å²) in [5.41, 5.74) is 0.437. The van der Waals surface area contributed by atoms with Gasteiger partial charge in [-0.25, -0.2) is 8.42 Å². The fourth-order valence-electron chi connectivity index (χ4n) is 4.22. The number of carbonyl (C=O) groups excluding carboxylic acids is 1. The Morgan fingerprint density at radius 3 is 2.30 bits per heavy atom. The van der Waals surface area contributed by atoms with Gasteiger partial charge in [-0.2, -0.15) is 4.31 Å². The molecule has 8 heteroatoms. The van der Waals surface area contributed by atoms with Crippen LogP contribution in [0.2, 0.25) is 0 Å². The van der Waals surface area contributed by atoms with Gasteiger partial charge in [0, 0.05) is 43.8 Å². The van der Waals surface area contributed by atoms with E-state index in [4.69, 9.17) is 0 Å². The second kappa shape index (κ2) is 8.90. The summed E-state index contributed by atoms with van der Waals surface area (Å²) >= 11 is 0. The van der Waals surface area contributed by atoms with Crippen molar-refractivity contribution in [2.24, 2.45) is 0 Å². The first-order valence-corrected chi connectivity index (χ1v) is 10.9. The van der Waals surface area contributed by atoms with Crippen LogP contribution in [0.15, 0.2) is 29.2 Å². The van der Waals surface area contributed by atoms with Crippen LogP contribution < -0.4 is 5.32 Å². The van der Waals surface area contributed by atoms with E-state index in [9.17, 15) is 13.2 Å². The molecule has 0 aromatic heterocycles. The second-order valence-corrected chi connectivity index (χ2v) is 9.23. The first kappa shape index (κ1) is 22.1. The van der Waals surface area contributed by atoms with E-state index in [0.717, 1.165) is 12.8 Å². The molecule has 27 heavy (non-hydrogen) atoms. The quantitative estimate of drug-likeness (QED) is 0.774. The highest BCUT2D eigenvalue weighted by Gasteiger charge is 2.36. The minimum atomic E-state index is -3.56. The molecular formula is C19H30ClN3O3S. The number of carbonyl (C=O) groups is 1. The van der Waals surface area contributed by atoms with Crippen molar-refractivity contribution in [3.63, 3.8) is 0 Å². The van der Waals surface area contributed by atoms with Crippen LogP contribution in [0, 0.1) is 0 Å². The van der Waals surface area contributed by atoms with E-state index in [1.807, 2.05) is 20.9 Å². The van der Waals surface area contributed by atoms with Gasteiger partial charge < -0.3 is 10.2 Å².